The van der Waals surface area contributed by atoms with Gasteiger partial charge in [-0.15, -0.1) is 0 Å². The average Bonchev–Trinajstić information content (AvgIpc) is 3.26. The summed E-state index contributed by atoms with van der Waals surface area (Å²) in [6, 6.07) is 18.0. The quantitative estimate of drug-likeness (QED) is 0.392. The van der Waals surface area contributed by atoms with E-state index in [2.05, 4.69) is 23.1 Å². The van der Waals surface area contributed by atoms with Gasteiger partial charge in [0.25, 0.3) is 11.8 Å². The van der Waals surface area contributed by atoms with Gasteiger partial charge < -0.3 is 0 Å². The number of hydrogen-bond donors (Lipinski definition) is 0. The smallest absolute Gasteiger partial charge is 0.258 e. The van der Waals surface area contributed by atoms with Gasteiger partial charge in [-0.3, -0.25) is 9.59 Å². The summed E-state index contributed by atoms with van der Waals surface area (Å²) in [5.41, 5.74) is 3.63. The molecule has 4 aromatic rings. The number of rotatable bonds is 5. The first-order valence-corrected chi connectivity index (χ1v) is 10.8. The number of imide groups is 1. The Morgan fingerprint density at radius 1 is 0.853 bits per heavy atom. The molecule has 2 heterocycles. The monoisotopic (exact) mass is 451 g/mol. The number of aromatic nitrogens is 4. The predicted octanol–water partition coefficient (Wildman–Crippen LogP) is 5.15. The summed E-state index contributed by atoms with van der Waals surface area (Å²) in [7, 11) is 0. The van der Waals surface area contributed by atoms with Crippen LogP contribution in [0.1, 0.15) is 20.8 Å². The third-order valence-corrected chi connectivity index (χ3v) is 5.35. The van der Waals surface area contributed by atoms with Gasteiger partial charge in [-0.25, -0.2) is 19.5 Å². The molecule has 2 aromatic carbocycles. The van der Waals surface area contributed by atoms with Crippen molar-refractivity contribution in [1.82, 2.24) is 19.7 Å². The SMILES string of the molecule is C=CC(=O)N(C(=O)C=C)c1ncnc2c1c(-c1ccc(-c3ccccc3)cc1)nn2C(C)(C)C. The van der Waals surface area contributed by atoms with E-state index in [9.17, 15) is 9.59 Å². The maximum atomic E-state index is 12.7. The van der Waals surface area contributed by atoms with Crippen molar-refractivity contribution in [3.8, 4) is 22.4 Å². The average molecular weight is 452 g/mol. The molecule has 0 N–H and O–H groups in total. The van der Waals surface area contributed by atoms with Crippen molar-refractivity contribution in [2.24, 2.45) is 0 Å². The summed E-state index contributed by atoms with van der Waals surface area (Å²) in [4.78, 5) is 35.0. The zero-order valence-corrected chi connectivity index (χ0v) is 19.4. The number of fused-ring (bicyclic) bond motifs is 1. The largest absolute Gasteiger partial charge is 0.269 e. The standard InChI is InChI=1S/C27H25N5O2/c1-6-21(33)31(22(34)7-2)25-23-24(30-32(27(3,4)5)26(23)29-17-28-25)20-15-13-19(14-16-20)18-11-9-8-10-12-18/h6-17H,1-2H2,3-5H3. The highest BCUT2D eigenvalue weighted by Crippen LogP contribution is 2.36. The van der Waals surface area contributed by atoms with Crippen molar-refractivity contribution in [1.29, 1.82) is 0 Å². The van der Waals surface area contributed by atoms with Crippen LogP contribution in [-0.2, 0) is 15.1 Å². The zero-order chi connectivity index (χ0) is 24.5. The van der Waals surface area contributed by atoms with Gasteiger partial charge in [-0.1, -0.05) is 67.8 Å². The van der Waals surface area contributed by atoms with Crippen LogP contribution in [0.2, 0.25) is 0 Å². The van der Waals surface area contributed by atoms with Crippen LogP contribution in [0, 0.1) is 0 Å². The van der Waals surface area contributed by atoms with Crippen LogP contribution in [0.25, 0.3) is 33.4 Å². The summed E-state index contributed by atoms with van der Waals surface area (Å²) in [5.74, 6) is -1.09. The number of nitrogens with zero attached hydrogens (tertiary/aromatic N) is 5. The van der Waals surface area contributed by atoms with E-state index in [1.165, 1.54) is 6.33 Å². The van der Waals surface area contributed by atoms with Crippen LogP contribution in [0.3, 0.4) is 0 Å². The van der Waals surface area contributed by atoms with E-state index in [0.29, 0.717) is 16.7 Å². The topological polar surface area (TPSA) is 81.0 Å². The fourth-order valence-electron chi connectivity index (χ4n) is 3.73. The van der Waals surface area contributed by atoms with E-state index in [4.69, 9.17) is 5.10 Å². The minimum Gasteiger partial charge on any atom is -0.269 e. The van der Waals surface area contributed by atoms with Crippen molar-refractivity contribution < 1.29 is 9.59 Å². The predicted molar refractivity (Wildman–Crippen MR) is 134 cm³/mol. The van der Waals surface area contributed by atoms with Crippen LogP contribution >= 0.6 is 0 Å². The van der Waals surface area contributed by atoms with E-state index in [0.717, 1.165) is 33.7 Å². The van der Waals surface area contributed by atoms with Crippen molar-refractivity contribution in [3.63, 3.8) is 0 Å². The van der Waals surface area contributed by atoms with Crippen LogP contribution in [0.4, 0.5) is 5.82 Å². The van der Waals surface area contributed by atoms with E-state index < -0.39 is 17.4 Å². The number of hydrogen-bond acceptors (Lipinski definition) is 5. The zero-order valence-electron chi connectivity index (χ0n) is 19.4. The number of carbonyl (C=O) groups is 2. The fraction of sp³-hybridized carbons (Fsp3) is 0.148. The summed E-state index contributed by atoms with van der Waals surface area (Å²) < 4.78 is 1.78. The Kier molecular flexibility index (Phi) is 5.94. The minimum absolute atomic E-state index is 0.137. The molecule has 0 radical (unpaired) electrons. The van der Waals surface area contributed by atoms with Gasteiger partial charge in [0, 0.05) is 5.56 Å². The number of anilines is 1. The molecule has 4 rings (SSSR count). The van der Waals surface area contributed by atoms with Gasteiger partial charge in [-0.2, -0.15) is 5.10 Å². The second-order valence-corrected chi connectivity index (χ2v) is 8.69. The molecule has 0 fully saturated rings. The highest BCUT2D eigenvalue weighted by atomic mass is 16.2. The second kappa shape index (κ2) is 8.86. The molecule has 0 aliphatic carbocycles. The summed E-state index contributed by atoms with van der Waals surface area (Å²) in [6.07, 6.45) is 3.46. The summed E-state index contributed by atoms with van der Waals surface area (Å²) in [5, 5.41) is 5.36. The third-order valence-electron chi connectivity index (χ3n) is 5.35. The molecule has 7 nitrogen and oxygen atoms in total. The molecule has 0 saturated carbocycles. The van der Waals surface area contributed by atoms with Gasteiger partial charge >= 0.3 is 0 Å². The molecule has 2 aromatic heterocycles. The number of carbonyl (C=O) groups excluding carboxylic acids is 2. The van der Waals surface area contributed by atoms with Crippen molar-refractivity contribution in [2.45, 2.75) is 26.3 Å². The van der Waals surface area contributed by atoms with Gasteiger partial charge in [0.05, 0.1) is 10.9 Å². The van der Waals surface area contributed by atoms with E-state index in [-0.39, 0.29) is 5.82 Å². The Hall–Kier alpha value is -4.39. The maximum Gasteiger partial charge on any atom is 0.258 e. The Balaban J connectivity index is 1.98. The van der Waals surface area contributed by atoms with Crippen LogP contribution in [0.5, 0.6) is 0 Å². The molecule has 0 bridgehead atoms. The lowest BCUT2D eigenvalue weighted by molar-refractivity contribution is -0.121. The molecule has 2 amide bonds. The first-order chi connectivity index (χ1) is 16.3. The van der Waals surface area contributed by atoms with Gasteiger partial charge in [0.2, 0.25) is 0 Å². The Morgan fingerprint density at radius 2 is 1.41 bits per heavy atom. The highest BCUT2D eigenvalue weighted by Gasteiger charge is 2.30. The first-order valence-electron chi connectivity index (χ1n) is 10.8. The summed E-state index contributed by atoms with van der Waals surface area (Å²) >= 11 is 0. The second-order valence-electron chi connectivity index (χ2n) is 8.69. The molecule has 34 heavy (non-hydrogen) atoms. The Bertz CT molecular complexity index is 1380. The Labute approximate surface area is 198 Å². The lowest BCUT2D eigenvalue weighted by Gasteiger charge is -2.20. The highest BCUT2D eigenvalue weighted by molar-refractivity contribution is 6.24. The molecule has 0 aliphatic rings. The van der Waals surface area contributed by atoms with Gasteiger partial charge in [0.1, 0.15) is 12.0 Å². The molecule has 0 unspecified atom stereocenters. The molecular weight excluding hydrogens is 426 g/mol. The van der Waals surface area contributed by atoms with Crippen LogP contribution in [0.15, 0.2) is 86.2 Å². The normalized spacial score (nSPS) is 11.3. The molecular formula is C27H25N5O2. The first kappa shape index (κ1) is 22.8. The lowest BCUT2D eigenvalue weighted by atomic mass is 10.0. The summed E-state index contributed by atoms with van der Waals surface area (Å²) in [6.45, 7) is 13.1. The van der Waals surface area contributed by atoms with Crippen molar-refractivity contribution in [3.05, 3.63) is 86.2 Å². The van der Waals surface area contributed by atoms with E-state index in [1.54, 1.807) is 4.68 Å². The molecule has 170 valence electrons. The van der Waals surface area contributed by atoms with E-state index in [1.807, 2.05) is 75.4 Å². The van der Waals surface area contributed by atoms with Crippen LogP contribution < -0.4 is 4.90 Å². The molecule has 0 aliphatic heterocycles. The fourth-order valence-corrected chi connectivity index (χ4v) is 3.73. The number of amides is 2. The minimum atomic E-state index is -0.612. The molecule has 0 spiro atoms. The molecule has 0 atom stereocenters. The maximum absolute atomic E-state index is 12.7. The Morgan fingerprint density at radius 3 is 1.97 bits per heavy atom. The van der Waals surface area contributed by atoms with Gasteiger partial charge in [-0.05, 0) is 44.1 Å². The molecule has 7 heteroatoms. The van der Waals surface area contributed by atoms with Gasteiger partial charge in [0.15, 0.2) is 11.5 Å². The van der Waals surface area contributed by atoms with Crippen molar-refractivity contribution >= 4 is 28.7 Å². The lowest BCUT2D eigenvalue weighted by Crippen LogP contribution is -2.35. The van der Waals surface area contributed by atoms with E-state index >= 15 is 0 Å². The van der Waals surface area contributed by atoms with Crippen molar-refractivity contribution in [2.75, 3.05) is 4.90 Å². The number of benzene rings is 2. The molecule has 0 saturated heterocycles. The third kappa shape index (κ3) is 4.03. The van der Waals surface area contributed by atoms with Crippen LogP contribution in [-0.4, -0.2) is 31.6 Å².